The van der Waals surface area contributed by atoms with Crippen LogP contribution in [0.4, 0.5) is 5.69 Å². The number of carbonyl (C=O) groups excluding carboxylic acids is 2. The van der Waals surface area contributed by atoms with Crippen molar-refractivity contribution >= 4 is 56.8 Å². The Hall–Kier alpha value is -2.91. The van der Waals surface area contributed by atoms with E-state index in [1.165, 1.54) is 25.2 Å². The summed E-state index contributed by atoms with van der Waals surface area (Å²) in [6.45, 7) is 4.02. The molecule has 2 aromatic carbocycles. The van der Waals surface area contributed by atoms with Crippen molar-refractivity contribution in [2.24, 2.45) is 0 Å². The van der Waals surface area contributed by atoms with Crippen LogP contribution in [-0.4, -0.2) is 37.3 Å². The third-order valence-corrected chi connectivity index (χ3v) is 5.80. The van der Waals surface area contributed by atoms with Gasteiger partial charge in [0.1, 0.15) is 22.8 Å². The van der Waals surface area contributed by atoms with E-state index in [0.717, 1.165) is 10.9 Å². The predicted octanol–water partition coefficient (Wildman–Crippen LogP) is 4.47. The Bertz CT molecular complexity index is 1100. The van der Waals surface area contributed by atoms with Crippen LogP contribution in [-0.2, 0) is 9.59 Å². The van der Waals surface area contributed by atoms with Gasteiger partial charge in [-0.2, -0.15) is 0 Å². The summed E-state index contributed by atoms with van der Waals surface area (Å²) in [5.41, 5.74) is 0.994. The average molecular weight is 519 g/mol. The lowest BCUT2D eigenvalue weighted by molar-refractivity contribution is -0.122. The minimum Gasteiger partial charge on any atom is -0.497 e. The summed E-state index contributed by atoms with van der Waals surface area (Å²) < 4.78 is 17.2. The van der Waals surface area contributed by atoms with Crippen molar-refractivity contribution in [2.75, 3.05) is 19.1 Å². The highest BCUT2D eigenvalue weighted by molar-refractivity contribution is 9.10. The molecular weight excluding hydrogens is 496 g/mol. The minimum atomic E-state index is -0.570. The van der Waals surface area contributed by atoms with E-state index in [-0.39, 0.29) is 16.8 Å². The lowest BCUT2D eigenvalue weighted by Crippen LogP contribution is -2.54. The first-order valence-corrected chi connectivity index (χ1v) is 11.1. The molecule has 0 unspecified atom stereocenters. The molecule has 2 amide bonds. The molecule has 1 fully saturated rings. The standard InChI is InChI=1S/C23H23BrN2O5S/c1-5-13(2)31-19-9-6-14(11-17(19)24)10-16-21(27)25-23(32)26(22(16)28)18-8-7-15(29-3)12-20(18)30-4/h6-13H,5H2,1-4H3,(H,25,27,32)/b16-10+/t13-/m1/s1. The molecule has 3 rings (SSSR count). The third-order valence-electron chi connectivity index (χ3n) is 4.90. The lowest BCUT2D eigenvalue weighted by Gasteiger charge is -2.30. The summed E-state index contributed by atoms with van der Waals surface area (Å²) in [7, 11) is 3.01. The van der Waals surface area contributed by atoms with Crippen molar-refractivity contribution in [2.45, 2.75) is 26.4 Å². The minimum absolute atomic E-state index is 0.0286. The molecule has 1 atom stereocenters. The van der Waals surface area contributed by atoms with Crippen LogP contribution in [0, 0.1) is 0 Å². The van der Waals surface area contributed by atoms with Gasteiger partial charge in [-0.25, -0.2) is 4.90 Å². The van der Waals surface area contributed by atoms with Gasteiger partial charge in [0, 0.05) is 6.07 Å². The number of thiocarbonyl (C=S) groups is 1. The maximum absolute atomic E-state index is 13.3. The molecule has 7 nitrogen and oxygen atoms in total. The first-order valence-electron chi connectivity index (χ1n) is 9.88. The Labute approximate surface area is 200 Å². The van der Waals surface area contributed by atoms with Gasteiger partial charge in [0.05, 0.1) is 30.5 Å². The summed E-state index contributed by atoms with van der Waals surface area (Å²) in [4.78, 5) is 27.1. The molecule has 32 heavy (non-hydrogen) atoms. The molecule has 0 bridgehead atoms. The second-order valence-corrected chi connectivity index (χ2v) is 8.26. The number of rotatable bonds is 7. The fourth-order valence-electron chi connectivity index (χ4n) is 3.02. The van der Waals surface area contributed by atoms with E-state index in [2.05, 4.69) is 21.2 Å². The highest BCUT2D eigenvalue weighted by Gasteiger charge is 2.36. The Morgan fingerprint density at radius 2 is 1.88 bits per heavy atom. The fraction of sp³-hybridized carbons (Fsp3) is 0.261. The van der Waals surface area contributed by atoms with Crippen LogP contribution < -0.4 is 24.4 Å². The number of anilines is 1. The molecule has 1 saturated heterocycles. The molecule has 2 aromatic rings. The van der Waals surface area contributed by atoms with E-state index in [1.807, 2.05) is 13.8 Å². The molecule has 0 aromatic heterocycles. The zero-order valence-corrected chi connectivity index (χ0v) is 20.5. The van der Waals surface area contributed by atoms with Crippen molar-refractivity contribution in [3.8, 4) is 17.2 Å². The SMILES string of the molecule is CC[C@@H](C)Oc1ccc(/C=C2\C(=O)NC(=S)N(c3ccc(OC)cc3OC)C2=O)cc1Br. The monoisotopic (exact) mass is 518 g/mol. The summed E-state index contributed by atoms with van der Waals surface area (Å²) >= 11 is 8.77. The van der Waals surface area contributed by atoms with Crippen molar-refractivity contribution in [3.63, 3.8) is 0 Å². The molecule has 168 valence electrons. The van der Waals surface area contributed by atoms with E-state index in [9.17, 15) is 9.59 Å². The summed E-state index contributed by atoms with van der Waals surface area (Å²) in [6, 6.07) is 10.3. The number of methoxy groups -OCH3 is 2. The molecule has 1 heterocycles. The van der Waals surface area contributed by atoms with E-state index in [4.69, 9.17) is 26.4 Å². The first-order chi connectivity index (χ1) is 15.3. The highest BCUT2D eigenvalue weighted by atomic mass is 79.9. The van der Waals surface area contributed by atoms with Gasteiger partial charge in [-0.1, -0.05) is 13.0 Å². The van der Waals surface area contributed by atoms with Gasteiger partial charge in [0.25, 0.3) is 11.8 Å². The molecule has 1 aliphatic heterocycles. The third kappa shape index (κ3) is 4.94. The van der Waals surface area contributed by atoms with Gasteiger partial charge < -0.3 is 14.2 Å². The number of benzene rings is 2. The smallest absolute Gasteiger partial charge is 0.270 e. The molecule has 1 aliphatic rings. The number of ether oxygens (including phenoxy) is 3. The van der Waals surface area contributed by atoms with E-state index in [1.54, 1.807) is 36.4 Å². The van der Waals surface area contributed by atoms with Crippen LogP contribution in [0.5, 0.6) is 17.2 Å². The topological polar surface area (TPSA) is 77.1 Å². The molecule has 0 aliphatic carbocycles. The maximum atomic E-state index is 13.3. The summed E-state index contributed by atoms with van der Waals surface area (Å²) in [5, 5.41) is 2.55. The summed E-state index contributed by atoms with van der Waals surface area (Å²) in [5.74, 6) is 0.500. The Morgan fingerprint density at radius 3 is 2.50 bits per heavy atom. The van der Waals surface area contributed by atoms with Gasteiger partial charge in [0.2, 0.25) is 0 Å². The van der Waals surface area contributed by atoms with Gasteiger partial charge in [-0.05, 0) is 77.4 Å². The van der Waals surface area contributed by atoms with Crippen molar-refractivity contribution < 1.29 is 23.8 Å². The van der Waals surface area contributed by atoms with Gasteiger partial charge >= 0.3 is 0 Å². The number of hydrogen-bond donors (Lipinski definition) is 1. The number of halogens is 1. The zero-order chi connectivity index (χ0) is 23.4. The van der Waals surface area contributed by atoms with Gasteiger partial charge in [-0.15, -0.1) is 0 Å². The molecule has 0 radical (unpaired) electrons. The van der Waals surface area contributed by atoms with Crippen molar-refractivity contribution in [1.82, 2.24) is 5.32 Å². The Kier molecular flexibility index (Phi) is 7.52. The number of hydrogen-bond acceptors (Lipinski definition) is 6. The second kappa shape index (κ2) is 10.1. The van der Waals surface area contributed by atoms with Crippen LogP contribution in [0.25, 0.3) is 6.08 Å². The quantitative estimate of drug-likeness (QED) is 0.331. The number of amides is 2. The fourth-order valence-corrected chi connectivity index (χ4v) is 3.78. The van der Waals surface area contributed by atoms with Crippen LogP contribution in [0.3, 0.4) is 0 Å². The molecule has 1 N–H and O–H groups in total. The average Bonchev–Trinajstić information content (AvgIpc) is 2.78. The number of nitrogens with one attached hydrogen (secondary N) is 1. The normalized spacial score (nSPS) is 16.1. The Morgan fingerprint density at radius 1 is 1.12 bits per heavy atom. The Balaban J connectivity index is 1.97. The maximum Gasteiger partial charge on any atom is 0.270 e. The zero-order valence-electron chi connectivity index (χ0n) is 18.1. The lowest BCUT2D eigenvalue weighted by atomic mass is 10.1. The second-order valence-electron chi connectivity index (χ2n) is 7.02. The highest BCUT2D eigenvalue weighted by Crippen LogP contribution is 2.35. The largest absolute Gasteiger partial charge is 0.497 e. The molecule has 0 saturated carbocycles. The van der Waals surface area contributed by atoms with Crippen molar-refractivity contribution in [3.05, 3.63) is 52.0 Å². The van der Waals surface area contributed by atoms with Crippen LogP contribution >= 0.6 is 28.1 Å². The molecule has 0 spiro atoms. The van der Waals surface area contributed by atoms with E-state index >= 15 is 0 Å². The van der Waals surface area contributed by atoms with Gasteiger partial charge in [-0.3, -0.25) is 14.9 Å². The first kappa shape index (κ1) is 23.7. The van der Waals surface area contributed by atoms with Gasteiger partial charge in [0.15, 0.2) is 5.11 Å². The van der Waals surface area contributed by atoms with Crippen LogP contribution in [0.15, 0.2) is 46.4 Å². The predicted molar refractivity (Wildman–Crippen MR) is 130 cm³/mol. The van der Waals surface area contributed by atoms with Crippen LogP contribution in [0.1, 0.15) is 25.8 Å². The molecular formula is C23H23BrN2O5S. The van der Waals surface area contributed by atoms with Crippen LogP contribution in [0.2, 0.25) is 0 Å². The van der Waals surface area contributed by atoms with E-state index in [0.29, 0.717) is 28.5 Å². The summed E-state index contributed by atoms with van der Waals surface area (Å²) in [6.07, 6.45) is 2.45. The molecule has 9 heteroatoms. The number of nitrogens with zero attached hydrogens (tertiary/aromatic N) is 1. The number of carbonyl (C=O) groups is 2. The van der Waals surface area contributed by atoms with Crippen molar-refractivity contribution in [1.29, 1.82) is 0 Å². The van der Waals surface area contributed by atoms with E-state index < -0.39 is 11.8 Å².